The quantitative estimate of drug-likeness (QED) is 0.651. The molecular weight excluding hydrogens is 216 g/mol. The summed E-state index contributed by atoms with van der Waals surface area (Å²) in [6.45, 7) is 3.31. The normalized spacial score (nSPS) is 26.5. The van der Waals surface area contributed by atoms with Gasteiger partial charge in [0.1, 0.15) is 0 Å². The lowest BCUT2D eigenvalue weighted by Gasteiger charge is -2.27. The van der Waals surface area contributed by atoms with Gasteiger partial charge in [0.25, 0.3) is 0 Å². The summed E-state index contributed by atoms with van der Waals surface area (Å²) >= 11 is 0. The number of aliphatic hydroxyl groups is 1. The Morgan fingerprint density at radius 2 is 2.18 bits per heavy atom. The van der Waals surface area contributed by atoms with Crippen LogP contribution in [0.25, 0.3) is 0 Å². The van der Waals surface area contributed by atoms with Crippen LogP contribution in [0, 0.1) is 11.8 Å². The van der Waals surface area contributed by atoms with E-state index in [1.807, 2.05) is 0 Å². The van der Waals surface area contributed by atoms with E-state index in [9.17, 15) is 9.90 Å². The van der Waals surface area contributed by atoms with E-state index in [4.69, 9.17) is 5.73 Å². The third-order valence-corrected chi connectivity index (χ3v) is 3.70. The third kappa shape index (κ3) is 5.50. The molecule has 3 atom stereocenters. The summed E-state index contributed by atoms with van der Waals surface area (Å²) in [6, 6.07) is 0. The lowest BCUT2D eigenvalue weighted by Crippen LogP contribution is -2.36. The molecule has 4 N–H and O–H groups in total. The van der Waals surface area contributed by atoms with Crippen LogP contribution in [0.5, 0.6) is 0 Å². The van der Waals surface area contributed by atoms with Gasteiger partial charge in [-0.25, -0.2) is 0 Å². The maximum Gasteiger partial charge on any atom is 0.220 e. The molecule has 100 valence electrons. The molecule has 17 heavy (non-hydrogen) atoms. The van der Waals surface area contributed by atoms with E-state index in [-0.39, 0.29) is 17.9 Å². The Kier molecular flexibility index (Phi) is 6.52. The van der Waals surface area contributed by atoms with E-state index in [1.165, 1.54) is 6.42 Å². The SMILES string of the molecule is CC(CN)CCC(=O)NCC1CCCCC1O. The molecule has 1 rings (SSSR count). The predicted molar refractivity (Wildman–Crippen MR) is 68.4 cm³/mol. The Bertz CT molecular complexity index is 233. The predicted octanol–water partition coefficient (Wildman–Crippen LogP) is 1.03. The van der Waals surface area contributed by atoms with Gasteiger partial charge in [0, 0.05) is 18.9 Å². The van der Waals surface area contributed by atoms with Crippen molar-refractivity contribution >= 4 is 5.91 Å². The van der Waals surface area contributed by atoms with Crippen LogP contribution in [0.3, 0.4) is 0 Å². The fourth-order valence-corrected chi connectivity index (χ4v) is 2.25. The van der Waals surface area contributed by atoms with Gasteiger partial charge >= 0.3 is 0 Å². The first-order valence-electron chi connectivity index (χ1n) is 6.78. The number of nitrogens with two attached hydrogens (primary N) is 1. The molecule has 1 aliphatic rings. The van der Waals surface area contributed by atoms with Gasteiger partial charge in [0.05, 0.1) is 6.10 Å². The zero-order valence-electron chi connectivity index (χ0n) is 10.8. The molecule has 4 heteroatoms. The zero-order chi connectivity index (χ0) is 12.7. The van der Waals surface area contributed by atoms with Crippen molar-refractivity contribution in [2.24, 2.45) is 17.6 Å². The Labute approximate surface area is 104 Å². The summed E-state index contributed by atoms with van der Waals surface area (Å²) in [5, 5.41) is 12.7. The highest BCUT2D eigenvalue weighted by Gasteiger charge is 2.23. The summed E-state index contributed by atoms with van der Waals surface area (Å²) in [6.07, 6.45) is 5.34. The van der Waals surface area contributed by atoms with Crippen LogP contribution in [-0.4, -0.2) is 30.2 Å². The lowest BCUT2D eigenvalue weighted by molar-refractivity contribution is -0.121. The third-order valence-electron chi connectivity index (χ3n) is 3.70. The number of nitrogens with one attached hydrogen (secondary N) is 1. The second-order valence-electron chi connectivity index (χ2n) is 5.30. The van der Waals surface area contributed by atoms with Crippen molar-refractivity contribution in [2.45, 2.75) is 51.6 Å². The molecule has 0 aromatic carbocycles. The van der Waals surface area contributed by atoms with Crippen molar-refractivity contribution in [3.8, 4) is 0 Å². The molecule has 0 aromatic heterocycles. The minimum Gasteiger partial charge on any atom is -0.393 e. The van der Waals surface area contributed by atoms with E-state index < -0.39 is 0 Å². The maximum absolute atomic E-state index is 11.6. The number of carbonyl (C=O) groups is 1. The smallest absolute Gasteiger partial charge is 0.220 e. The molecule has 0 aliphatic heterocycles. The van der Waals surface area contributed by atoms with Crippen molar-refractivity contribution in [3.63, 3.8) is 0 Å². The molecule has 4 nitrogen and oxygen atoms in total. The van der Waals surface area contributed by atoms with E-state index in [2.05, 4.69) is 12.2 Å². The van der Waals surface area contributed by atoms with Crippen molar-refractivity contribution in [2.75, 3.05) is 13.1 Å². The topological polar surface area (TPSA) is 75.4 Å². The van der Waals surface area contributed by atoms with Gasteiger partial charge in [-0.05, 0) is 31.7 Å². The Morgan fingerprint density at radius 1 is 1.47 bits per heavy atom. The first kappa shape index (κ1) is 14.5. The molecule has 0 saturated heterocycles. The highest BCUT2D eigenvalue weighted by atomic mass is 16.3. The minimum atomic E-state index is -0.230. The van der Waals surface area contributed by atoms with Crippen molar-refractivity contribution in [1.82, 2.24) is 5.32 Å². The van der Waals surface area contributed by atoms with Gasteiger partial charge < -0.3 is 16.2 Å². The van der Waals surface area contributed by atoms with Crippen LogP contribution in [-0.2, 0) is 4.79 Å². The molecule has 3 unspecified atom stereocenters. The van der Waals surface area contributed by atoms with Crippen LogP contribution in [0.1, 0.15) is 45.4 Å². The van der Waals surface area contributed by atoms with Crippen molar-refractivity contribution < 1.29 is 9.90 Å². The van der Waals surface area contributed by atoms with Gasteiger partial charge in [-0.3, -0.25) is 4.79 Å². The highest BCUT2D eigenvalue weighted by Crippen LogP contribution is 2.23. The molecule has 1 aliphatic carbocycles. The second-order valence-corrected chi connectivity index (χ2v) is 5.30. The number of aliphatic hydroxyl groups excluding tert-OH is 1. The number of amides is 1. The number of carbonyl (C=O) groups excluding carboxylic acids is 1. The van der Waals surface area contributed by atoms with E-state index in [1.54, 1.807) is 0 Å². The molecule has 0 spiro atoms. The van der Waals surface area contributed by atoms with Crippen LogP contribution in [0.2, 0.25) is 0 Å². The van der Waals surface area contributed by atoms with E-state index in [0.717, 1.165) is 25.7 Å². The summed E-state index contributed by atoms with van der Waals surface area (Å²) in [4.78, 5) is 11.6. The van der Waals surface area contributed by atoms with Gasteiger partial charge in [-0.1, -0.05) is 19.8 Å². The standard InChI is InChI=1S/C13H26N2O2/c1-10(8-14)6-7-13(17)15-9-11-4-2-3-5-12(11)16/h10-12,16H,2-9,14H2,1H3,(H,15,17). The Morgan fingerprint density at radius 3 is 2.82 bits per heavy atom. The molecule has 0 radical (unpaired) electrons. The van der Waals surface area contributed by atoms with Crippen molar-refractivity contribution in [1.29, 1.82) is 0 Å². The summed E-state index contributed by atoms with van der Waals surface area (Å²) < 4.78 is 0. The number of hydrogen-bond acceptors (Lipinski definition) is 3. The minimum absolute atomic E-state index is 0.0862. The molecular formula is C13H26N2O2. The van der Waals surface area contributed by atoms with E-state index >= 15 is 0 Å². The first-order valence-corrected chi connectivity index (χ1v) is 6.78. The Balaban J connectivity index is 2.14. The zero-order valence-corrected chi connectivity index (χ0v) is 10.8. The summed E-state index contributed by atoms with van der Waals surface area (Å²) in [5.74, 6) is 0.740. The molecule has 1 saturated carbocycles. The average Bonchev–Trinajstić information content (AvgIpc) is 2.35. The summed E-state index contributed by atoms with van der Waals surface area (Å²) in [7, 11) is 0. The van der Waals surface area contributed by atoms with Crippen molar-refractivity contribution in [3.05, 3.63) is 0 Å². The number of hydrogen-bond donors (Lipinski definition) is 3. The maximum atomic E-state index is 11.6. The second kappa shape index (κ2) is 7.67. The number of rotatable bonds is 6. The lowest BCUT2D eigenvalue weighted by atomic mass is 9.86. The van der Waals surface area contributed by atoms with Crippen LogP contribution >= 0.6 is 0 Å². The molecule has 0 heterocycles. The van der Waals surface area contributed by atoms with Gasteiger partial charge in [0.2, 0.25) is 5.91 Å². The van der Waals surface area contributed by atoms with Gasteiger partial charge in [-0.2, -0.15) is 0 Å². The van der Waals surface area contributed by atoms with Crippen LogP contribution < -0.4 is 11.1 Å². The van der Waals surface area contributed by atoms with Crippen LogP contribution in [0.4, 0.5) is 0 Å². The van der Waals surface area contributed by atoms with Crippen LogP contribution in [0.15, 0.2) is 0 Å². The first-order chi connectivity index (χ1) is 8.13. The van der Waals surface area contributed by atoms with Gasteiger partial charge in [-0.15, -0.1) is 0 Å². The van der Waals surface area contributed by atoms with Gasteiger partial charge in [0.15, 0.2) is 0 Å². The molecule has 1 amide bonds. The monoisotopic (exact) mass is 242 g/mol. The fourth-order valence-electron chi connectivity index (χ4n) is 2.25. The summed E-state index contributed by atoms with van der Waals surface area (Å²) in [5.41, 5.74) is 5.50. The van der Waals surface area contributed by atoms with E-state index in [0.29, 0.717) is 25.4 Å². The molecule has 0 bridgehead atoms. The Hall–Kier alpha value is -0.610. The molecule has 0 aromatic rings. The molecule has 1 fully saturated rings. The highest BCUT2D eigenvalue weighted by molar-refractivity contribution is 5.75. The average molecular weight is 242 g/mol. The fraction of sp³-hybridized carbons (Fsp3) is 0.923. The largest absolute Gasteiger partial charge is 0.393 e.